The molecule has 0 spiro atoms. The van der Waals surface area contributed by atoms with Crippen LogP contribution in [0.15, 0.2) is 0 Å². The zero-order valence-corrected chi connectivity index (χ0v) is 18.6. The summed E-state index contributed by atoms with van der Waals surface area (Å²) >= 11 is 4.24. The van der Waals surface area contributed by atoms with E-state index in [2.05, 4.69) is 46.7 Å². The van der Waals surface area contributed by atoms with Gasteiger partial charge in [0.2, 0.25) is 6.93 Å². The summed E-state index contributed by atoms with van der Waals surface area (Å²) in [5.41, 5.74) is 0. The zero-order chi connectivity index (χ0) is 27.0. The van der Waals surface area contributed by atoms with Crippen LogP contribution in [0.2, 0.25) is 0 Å². The average molecular weight is 752 g/mol. The quantitative estimate of drug-likeness (QED) is 0.216. The number of rotatable bonds is 2. The van der Waals surface area contributed by atoms with Crippen LogP contribution >= 0.6 is 37.2 Å². The first-order valence-corrected chi connectivity index (χ1v) is 12.6. The third-order valence-electron chi connectivity index (χ3n) is 2.45. The molecular weight excluding hydrogens is 745 g/mol. The summed E-state index contributed by atoms with van der Waals surface area (Å²) < 4.78 is 212. The summed E-state index contributed by atoms with van der Waals surface area (Å²) in [5, 5.41) is 0. The standard InChI is InChI=1S/C8H2F14O3.CH2F2.CH3F.I2/c9-2(10,11)1-23-8(22)4(13,6(17,18)19)24-7(20,21)3(12,25-8)5(14,15)16;2-1-3;2*1-2/h1H2;1H2;1H3;. The lowest BCUT2D eigenvalue weighted by molar-refractivity contribution is -0.635. The maximum Gasteiger partial charge on any atom is 0.458 e. The minimum atomic E-state index is -7.08. The molecule has 32 heavy (non-hydrogen) atoms. The molecule has 198 valence electrons. The predicted octanol–water partition coefficient (Wildman–Crippen LogP) is 7.52. The Labute approximate surface area is 189 Å². The van der Waals surface area contributed by atoms with E-state index in [1.807, 2.05) is 4.74 Å². The van der Waals surface area contributed by atoms with Gasteiger partial charge in [-0.15, -0.1) is 0 Å². The first kappa shape index (κ1) is 36.7. The molecule has 1 rings (SSSR count). The lowest BCUT2D eigenvalue weighted by atomic mass is 10.1. The van der Waals surface area contributed by atoms with Gasteiger partial charge in [0.05, 0.1) is 7.18 Å². The number of halogens is 19. The van der Waals surface area contributed by atoms with Crippen molar-refractivity contribution in [2.24, 2.45) is 0 Å². The Bertz CT molecular complexity index is 540. The summed E-state index contributed by atoms with van der Waals surface area (Å²) in [6.07, 6.45) is -26.8. The van der Waals surface area contributed by atoms with Gasteiger partial charge >= 0.3 is 42.4 Å². The molecule has 3 atom stereocenters. The van der Waals surface area contributed by atoms with Crippen LogP contribution in [0.25, 0.3) is 0 Å². The number of ether oxygens (including phenoxy) is 3. The smallest absolute Gasteiger partial charge is 0.309 e. The van der Waals surface area contributed by atoms with Crippen LogP contribution in [-0.2, 0) is 14.2 Å². The highest BCUT2D eigenvalue weighted by molar-refractivity contribution is 15.0. The molecule has 3 unspecified atom stereocenters. The molecule has 0 aliphatic carbocycles. The van der Waals surface area contributed by atoms with Crippen molar-refractivity contribution in [3.63, 3.8) is 0 Å². The summed E-state index contributed by atoms with van der Waals surface area (Å²) in [7, 11) is 0.500. The van der Waals surface area contributed by atoms with E-state index >= 15 is 0 Å². The molecule has 1 fully saturated rings. The van der Waals surface area contributed by atoms with Crippen molar-refractivity contribution in [2.45, 2.75) is 42.4 Å². The molecule has 0 aromatic heterocycles. The molecule has 0 amide bonds. The minimum absolute atomic E-state index is 0.500. The van der Waals surface area contributed by atoms with E-state index < -0.39 is 55.9 Å². The van der Waals surface area contributed by atoms with Crippen molar-refractivity contribution in [2.75, 3.05) is 20.7 Å². The predicted molar refractivity (Wildman–Crippen MR) is 84.9 cm³/mol. The summed E-state index contributed by atoms with van der Waals surface area (Å²) in [6.45, 7) is -5.03. The topological polar surface area (TPSA) is 27.7 Å². The fourth-order valence-corrected chi connectivity index (χ4v) is 1.36. The van der Waals surface area contributed by atoms with Crippen LogP contribution in [0, 0.1) is 0 Å². The van der Waals surface area contributed by atoms with Crippen LogP contribution in [-0.4, -0.2) is 63.1 Å². The number of hydrogen-bond acceptors (Lipinski definition) is 3. The third kappa shape index (κ3) is 8.42. The lowest BCUT2D eigenvalue weighted by Crippen LogP contribution is -2.77. The average Bonchev–Trinajstić information content (AvgIpc) is 2.60. The van der Waals surface area contributed by atoms with Gasteiger partial charge in [0.1, 0.15) is 6.61 Å². The van der Waals surface area contributed by atoms with Gasteiger partial charge in [-0.2, -0.15) is 61.5 Å². The highest BCUT2D eigenvalue weighted by Crippen LogP contribution is 2.61. The molecule has 22 heteroatoms. The first-order chi connectivity index (χ1) is 14.0. The second-order valence-corrected chi connectivity index (χ2v) is 4.45. The second kappa shape index (κ2) is 12.7. The van der Waals surface area contributed by atoms with E-state index in [0.717, 1.165) is 0 Å². The third-order valence-corrected chi connectivity index (χ3v) is 2.45. The van der Waals surface area contributed by atoms with Crippen LogP contribution in [0.3, 0.4) is 0 Å². The van der Waals surface area contributed by atoms with Gasteiger partial charge in [0.15, 0.2) is 0 Å². The molecule has 1 aliphatic heterocycles. The number of hydrogen-bond donors (Lipinski definition) is 0. The van der Waals surface area contributed by atoms with Gasteiger partial charge in [0, 0.05) is 37.2 Å². The van der Waals surface area contributed by atoms with Crippen molar-refractivity contribution in [3.8, 4) is 0 Å². The largest absolute Gasteiger partial charge is 0.458 e. The van der Waals surface area contributed by atoms with Crippen LogP contribution < -0.4 is 0 Å². The van der Waals surface area contributed by atoms with Crippen molar-refractivity contribution < 1.29 is 88.8 Å². The lowest BCUT2D eigenvalue weighted by Gasteiger charge is -2.49. The molecular formula is C10H7F17I2O3. The normalized spacial score (nSPS) is 30.0. The highest BCUT2D eigenvalue weighted by Gasteiger charge is 2.90. The zero-order valence-electron chi connectivity index (χ0n) is 14.3. The molecule has 1 saturated heterocycles. The van der Waals surface area contributed by atoms with Crippen molar-refractivity contribution in [1.29, 1.82) is 0 Å². The van der Waals surface area contributed by atoms with Crippen molar-refractivity contribution in [1.82, 2.24) is 0 Å². The minimum Gasteiger partial charge on any atom is -0.309 e. The molecule has 1 heterocycles. The van der Waals surface area contributed by atoms with Gasteiger partial charge < -0.3 is 4.74 Å². The van der Waals surface area contributed by atoms with Gasteiger partial charge in [-0.05, 0) is 0 Å². The maximum absolute atomic E-state index is 13.8. The summed E-state index contributed by atoms with van der Waals surface area (Å²) in [4.78, 5) is 0. The van der Waals surface area contributed by atoms with E-state index in [-0.39, 0.29) is 0 Å². The Morgan fingerprint density at radius 1 is 0.688 bits per heavy atom. The van der Waals surface area contributed by atoms with E-state index in [9.17, 15) is 74.6 Å². The molecule has 0 N–H and O–H groups in total. The molecule has 0 aromatic carbocycles. The highest BCUT2D eigenvalue weighted by atomic mass is 128. The summed E-state index contributed by atoms with van der Waals surface area (Å²) in [5.74, 6) is -13.6. The van der Waals surface area contributed by atoms with Gasteiger partial charge in [-0.1, -0.05) is 0 Å². The summed E-state index contributed by atoms with van der Waals surface area (Å²) in [6, 6.07) is -6.44. The van der Waals surface area contributed by atoms with E-state index in [1.54, 1.807) is 0 Å². The molecule has 0 bridgehead atoms. The van der Waals surface area contributed by atoms with E-state index in [4.69, 9.17) is 0 Å². The van der Waals surface area contributed by atoms with Crippen LogP contribution in [0.1, 0.15) is 0 Å². The molecule has 1 aliphatic rings. The van der Waals surface area contributed by atoms with Gasteiger partial charge in [0.25, 0.3) is 0 Å². The Morgan fingerprint density at radius 3 is 1.25 bits per heavy atom. The fourth-order valence-electron chi connectivity index (χ4n) is 1.36. The van der Waals surface area contributed by atoms with Gasteiger partial charge in [-0.3, -0.25) is 13.9 Å². The Kier molecular flexibility index (Phi) is 14.6. The van der Waals surface area contributed by atoms with Crippen LogP contribution in [0.4, 0.5) is 74.6 Å². The van der Waals surface area contributed by atoms with E-state index in [1.165, 1.54) is 0 Å². The van der Waals surface area contributed by atoms with Crippen LogP contribution in [0.5, 0.6) is 0 Å². The molecule has 0 saturated carbocycles. The SMILES string of the molecule is CF.FC(F)(F)COC1(F)OC(F)(C(F)(F)F)C(F)(F)OC1(F)C(F)(F)F.FCF.II. The number of alkyl halides is 17. The molecule has 0 aromatic rings. The molecule has 0 radical (unpaired) electrons. The Morgan fingerprint density at radius 2 is 1.00 bits per heavy atom. The van der Waals surface area contributed by atoms with Crippen molar-refractivity contribution in [3.05, 3.63) is 0 Å². The van der Waals surface area contributed by atoms with E-state index in [0.29, 0.717) is 7.18 Å². The second-order valence-electron chi connectivity index (χ2n) is 4.45. The van der Waals surface area contributed by atoms with Crippen molar-refractivity contribution >= 4 is 37.2 Å². The monoisotopic (exact) mass is 752 g/mol. The fraction of sp³-hybridized carbons (Fsp3) is 1.00. The Hall–Kier alpha value is 0.150. The van der Waals surface area contributed by atoms with Gasteiger partial charge in [-0.25, -0.2) is 8.78 Å². The molecule has 3 nitrogen and oxygen atoms in total. The Balaban J connectivity index is -0.00000108. The maximum atomic E-state index is 13.8. The first-order valence-electron chi connectivity index (χ1n) is 6.36.